The van der Waals surface area contributed by atoms with E-state index >= 15 is 0 Å². The van der Waals surface area contributed by atoms with Crippen molar-refractivity contribution in [2.75, 3.05) is 5.73 Å². The van der Waals surface area contributed by atoms with E-state index in [0.717, 1.165) is 0 Å². The van der Waals surface area contributed by atoms with E-state index in [4.69, 9.17) is 5.73 Å². The van der Waals surface area contributed by atoms with Crippen molar-refractivity contribution in [1.29, 1.82) is 0 Å². The Morgan fingerprint density at radius 2 is 2.10 bits per heavy atom. The first-order valence-electron chi connectivity index (χ1n) is 7.00. The van der Waals surface area contributed by atoms with Crippen LogP contribution < -0.4 is 5.73 Å². The van der Waals surface area contributed by atoms with E-state index in [9.17, 15) is 4.39 Å². The molecular formula is C14H18FN5. The number of benzene rings is 1. The van der Waals surface area contributed by atoms with Crippen LogP contribution in [0.4, 0.5) is 10.1 Å². The third-order valence-corrected chi connectivity index (χ3v) is 4.22. The lowest BCUT2D eigenvalue weighted by atomic mass is 9.99. The number of aromatic nitrogens is 4. The molecule has 2 N–H and O–H groups in total. The molecule has 1 fully saturated rings. The van der Waals surface area contributed by atoms with Gasteiger partial charge in [-0.25, -0.2) is 9.07 Å². The van der Waals surface area contributed by atoms with Crippen LogP contribution in [0.5, 0.6) is 0 Å². The number of hydrogen-bond acceptors (Lipinski definition) is 4. The summed E-state index contributed by atoms with van der Waals surface area (Å²) in [5.74, 6) is 0.754. The molecule has 106 valence electrons. The Balaban J connectivity index is 1.94. The number of nitrogens with two attached hydrogens (primary N) is 1. The van der Waals surface area contributed by atoms with Crippen molar-refractivity contribution < 1.29 is 4.39 Å². The Labute approximate surface area is 117 Å². The van der Waals surface area contributed by atoms with Crippen molar-refractivity contribution in [2.24, 2.45) is 5.92 Å². The van der Waals surface area contributed by atoms with E-state index in [0.29, 0.717) is 17.3 Å². The van der Waals surface area contributed by atoms with Gasteiger partial charge in [0.2, 0.25) is 0 Å². The molecule has 1 aliphatic carbocycles. The second kappa shape index (κ2) is 5.19. The highest BCUT2D eigenvalue weighted by atomic mass is 19.1. The van der Waals surface area contributed by atoms with E-state index in [2.05, 4.69) is 22.4 Å². The third kappa shape index (κ3) is 2.26. The summed E-state index contributed by atoms with van der Waals surface area (Å²) in [6.45, 7) is 2.13. The zero-order chi connectivity index (χ0) is 14.1. The molecular weight excluding hydrogens is 257 g/mol. The quantitative estimate of drug-likeness (QED) is 0.874. The fraction of sp³-hybridized carbons (Fsp3) is 0.500. The number of nitrogen functional groups attached to an aromatic ring is 1. The molecule has 0 saturated heterocycles. The summed E-state index contributed by atoms with van der Waals surface area (Å²) in [7, 11) is 0. The minimum absolute atomic E-state index is 0.136. The number of hydrogen-bond donors (Lipinski definition) is 1. The maximum atomic E-state index is 13.6. The number of anilines is 1. The van der Waals surface area contributed by atoms with E-state index < -0.39 is 5.82 Å². The molecule has 3 rings (SSSR count). The van der Waals surface area contributed by atoms with Crippen molar-refractivity contribution in [2.45, 2.75) is 38.6 Å². The van der Waals surface area contributed by atoms with Gasteiger partial charge in [0.25, 0.3) is 0 Å². The van der Waals surface area contributed by atoms with Gasteiger partial charge in [-0.1, -0.05) is 12.8 Å². The van der Waals surface area contributed by atoms with E-state index in [1.807, 2.05) is 0 Å². The molecule has 0 aliphatic heterocycles. The fourth-order valence-electron chi connectivity index (χ4n) is 2.96. The average Bonchev–Trinajstić information content (AvgIpc) is 3.11. The van der Waals surface area contributed by atoms with E-state index in [1.54, 1.807) is 16.8 Å². The van der Waals surface area contributed by atoms with Crippen molar-refractivity contribution in [3.63, 3.8) is 0 Å². The molecule has 5 nitrogen and oxygen atoms in total. The molecule has 0 radical (unpaired) electrons. The lowest BCUT2D eigenvalue weighted by Gasteiger charge is -2.19. The summed E-state index contributed by atoms with van der Waals surface area (Å²) in [5, 5.41) is 11.9. The Hall–Kier alpha value is -1.98. The van der Waals surface area contributed by atoms with Crippen LogP contribution in [-0.4, -0.2) is 20.2 Å². The molecule has 1 aliphatic rings. The molecule has 1 aromatic carbocycles. The van der Waals surface area contributed by atoms with Crippen LogP contribution in [0, 0.1) is 11.7 Å². The van der Waals surface area contributed by atoms with Gasteiger partial charge in [0.05, 0.1) is 11.7 Å². The van der Waals surface area contributed by atoms with Crippen LogP contribution in [0.15, 0.2) is 18.2 Å². The minimum atomic E-state index is -0.439. The number of rotatable bonds is 3. The highest BCUT2D eigenvalue weighted by molar-refractivity contribution is 5.59. The van der Waals surface area contributed by atoms with Gasteiger partial charge in [-0.3, -0.25) is 0 Å². The molecule has 1 heterocycles. The Kier molecular flexibility index (Phi) is 3.38. The number of nitrogens with zero attached hydrogens (tertiary/aromatic N) is 4. The van der Waals surface area contributed by atoms with E-state index in [1.165, 1.54) is 31.7 Å². The van der Waals surface area contributed by atoms with Gasteiger partial charge in [0, 0.05) is 5.56 Å². The summed E-state index contributed by atoms with van der Waals surface area (Å²) < 4.78 is 15.4. The molecule has 0 bridgehead atoms. The topological polar surface area (TPSA) is 69.6 Å². The molecule has 20 heavy (non-hydrogen) atoms. The molecule has 0 spiro atoms. The van der Waals surface area contributed by atoms with Crippen LogP contribution in [0.25, 0.3) is 11.4 Å². The van der Waals surface area contributed by atoms with Crippen molar-refractivity contribution in [3.8, 4) is 11.4 Å². The molecule has 2 aromatic rings. The predicted molar refractivity (Wildman–Crippen MR) is 74.3 cm³/mol. The number of tetrazole rings is 1. The van der Waals surface area contributed by atoms with Gasteiger partial charge in [-0.2, -0.15) is 0 Å². The van der Waals surface area contributed by atoms with Crippen molar-refractivity contribution in [1.82, 2.24) is 20.2 Å². The first-order valence-corrected chi connectivity index (χ1v) is 7.00. The SMILES string of the molecule is CC(C1CCCC1)n1nnnc1-c1ccc(N)c(F)c1. The summed E-state index contributed by atoms with van der Waals surface area (Å²) >= 11 is 0. The smallest absolute Gasteiger partial charge is 0.182 e. The molecule has 1 saturated carbocycles. The Bertz CT molecular complexity index is 603. The van der Waals surface area contributed by atoms with Gasteiger partial charge >= 0.3 is 0 Å². The lowest BCUT2D eigenvalue weighted by Crippen LogP contribution is -2.16. The molecule has 6 heteroatoms. The van der Waals surface area contributed by atoms with Crippen molar-refractivity contribution >= 4 is 5.69 Å². The Morgan fingerprint density at radius 1 is 1.35 bits per heavy atom. The maximum absolute atomic E-state index is 13.6. The van der Waals surface area contributed by atoms with Crippen molar-refractivity contribution in [3.05, 3.63) is 24.0 Å². The highest BCUT2D eigenvalue weighted by Crippen LogP contribution is 2.35. The summed E-state index contributed by atoms with van der Waals surface area (Å²) in [6.07, 6.45) is 4.94. The van der Waals surface area contributed by atoms with Crippen LogP contribution in [0.1, 0.15) is 38.6 Å². The van der Waals surface area contributed by atoms with Gasteiger partial charge in [-0.15, -0.1) is 5.10 Å². The highest BCUT2D eigenvalue weighted by Gasteiger charge is 2.26. The first kappa shape index (κ1) is 13.0. The summed E-state index contributed by atoms with van der Waals surface area (Å²) in [4.78, 5) is 0. The first-order chi connectivity index (χ1) is 9.66. The molecule has 1 unspecified atom stereocenters. The van der Waals surface area contributed by atoms with Gasteiger partial charge in [0.1, 0.15) is 5.82 Å². The Morgan fingerprint density at radius 3 is 2.80 bits per heavy atom. The normalized spacial score (nSPS) is 17.5. The summed E-state index contributed by atoms with van der Waals surface area (Å²) in [5.41, 5.74) is 6.30. The molecule has 1 atom stereocenters. The molecule has 0 amide bonds. The zero-order valence-electron chi connectivity index (χ0n) is 11.5. The predicted octanol–water partition coefficient (Wildman–Crippen LogP) is 2.81. The van der Waals surface area contributed by atoms with Crippen LogP contribution in [-0.2, 0) is 0 Å². The average molecular weight is 275 g/mol. The van der Waals surface area contributed by atoms with Gasteiger partial charge in [0.15, 0.2) is 5.82 Å². The monoisotopic (exact) mass is 275 g/mol. The maximum Gasteiger partial charge on any atom is 0.182 e. The zero-order valence-corrected chi connectivity index (χ0v) is 11.5. The van der Waals surface area contributed by atoms with E-state index in [-0.39, 0.29) is 11.7 Å². The van der Waals surface area contributed by atoms with Gasteiger partial charge in [-0.05, 0) is 54.3 Å². The molecule has 1 aromatic heterocycles. The third-order valence-electron chi connectivity index (χ3n) is 4.22. The minimum Gasteiger partial charge on any atom is -0.396 e. The lowest BCUT2D eigenvalue weighted by molar-refractivity contribution is 0.332. The standard InChI is InChI=1S/C14H18FN5/c1-9(10-4-2-3-5-10)20-14(17-18-19-20)11-6-7-13(16)12(15)8-11/h6-10H,2-5,16H2,1H3. The van der Waals surface area contributed by atoms with Gasteiger partial charge < -0.3 is 5.73 Å². The number of halogens is 1. The van der Waals surface area contributed by atoms with Crippen LogP contribution in [0.3, 0.4) is 0 Å². The second-order valence-electron chi connectivity index (χ2n) is 5.47. The largest absolute Gasteiger partial charge is 0.396 e. The fourth-order valence-corrected chi connectivity index (χ4v) is 2.96. The van der Waals surface area contributed by atoms with Crippen LogP contribution >= 0.6 is 0 Å². The van der Waals surface area contributed by atoms with Crippen LogP contribution in [0.2, 0.25) is 0 Å². The summed E-state index contributed by atoms with van der Waals surface area (Å²) in [6, 6.07) is 4.91. The second-order valence-corrected chi connectivity index (χ2v) is 5.47.